The van der Waals surface area contributed by atoms with Crippen LogP contribution in [-0.4, -0.2) is 55.6 Å². The standard InChI is InChI=1S/C18H31N5/c1-15-12-16(2)14-23(13-15)11-10-22-18(19-3)21-9-7-17-6-4-5-8-20-17/h4-6,8,15-16H,7,9-14H2,1-3H3,(H2,19,21,22). The van der Waals surface area contributed by atoms with E-state index in [-0.39, 0.29) is 0 Å². The van der Waals surface area contributed by atoms with Crippen LogP contribution in [0.15, 0.2) is 29.4 Å². The zero-order valence-electron chi connectivity index (χ0n) is 14.8. The van der Waals surface area contributed by atoms with Crippen LogP contribution in [0.2, 0.25) is 0 Å². The third-order valence-corrected chi connectivity index (χ3v) is 4.29. The average molecular weight is 317 g/mol. The van der Waals surface area contributed by atoms with Crippen LogP contribution in [0.5, 0.6) is 0 Å². The second-order valence-electron chi connectivity index (χ2n) is 6.70. The number of aromatic nitrogens is 1. The minimum Gasteiger partial charge on any atom is -0.356 e. The number of likely N-dealkylation sites (tertiary alicyclic amines) is 1. The van der Waals surface area contributed by atoms with E-state index < -0.39 is 0 Å². The van der Waals surface area contributed by atoms with Crippen molar-refractivity contribution in [3.05, 3.63) is 30.1 Å². The Kier molecular flexibility index (Phi) is 7.33. The van der Waals surface area contributed by atoms with E-state index >= 15 is 0 Å². The first-order valence-electron chi connectivity index (χ1n) is 8.74. The SMILES string of the molecule is CN=C(NCCc1ccccn1)NCCN1CC(C)CC(C)C1. The molecule has 1 fully saturated rings. The number of nitrogens with zero attached hydrogens (tertiary/aromatic N) is 3. The van der Waals surface area contributed by atoms with Gasteiger partial charge in [-0.2, -0.15) is 0 Å². The Morgan fingerprint density at radius 3 is 2.61 bits per heavy atom. The lowest BCUT2D eigenvalue weighted by Gasteiger charge is -2.35. The molecule has 2 unspecified atom stereocenters. The van der Waals surface area contributed by atoms with Crippen molar-refractivity contribution < 1.29 is 0 Å². The fraction of sp³-hybridized carbons (Fsp3) is 0.667. The summed E-state index contributed by atoms with van der Waals surface area (Å²) in [5.41, 5.74) is 1.10. The van der Waals surface area contributed by atoms with Crippen LogP contribution in [0, 0.1) is 11.8 Å². The minimum atomic E-state index is 0.814. The molecule has 2 atom stereocenters. The van der Waals surface area contributed by atoms with Gasteiger partial charge in [-0.3, -0.25) is 9.98 Å². The molecule has 0 radical (unpaired) electrons. The minimum absolute atomic E-state index is 0.814. The Bertz CT molecular complexity index is 464. The first-order valence-corrected chi connectivity index (χ1v) is 8.74. The fourth-order valence-corrected chi connectivity index (χ4v) is 3.38. The summed E-state index contributed by atoms with van der Waals surface area (Å²) < 4.78 is 0. The van der Waals surface area contributed by atoms with E-state index in [1.807, 2.05) is 25.4 Å². The molecule has 1 aromatic heterocycles. The van der Waals surface area contributed by atoms with Crippen molar-refractivity contribution in [2.45, 2.75) is 26.7 Å². The van der Waals surface area contributed by atoms with Crippen LogP contribution >= 0.6 is 0 Å². The van der Waals surface area contributed by atoms with Crippen molar-refractivity contribution in [1.82, 2.24) is 20.5 Å². The highest BCUT2D eigenvalue weighted by Crippen LogP contribution is 2.20. The molecule has 23 heavy (non-hydrogen) atoms. The van der Waals surface area contributed by atoms with E-state index in [0.29, 0.717) is 0 Å². The maximum Gasteiger partial charge on any atom is 0.191 e. The molecule has 1 aliphatic rings. The van der Waals surface area contributed by atoms with Crippen LogP contribution in [-0.2, 0) is 6.42 Å². The van der Waals surface area contributed by atoms with Crippen LogP contribution in [0.4, 0.5) is 0 Å². The average Bonchev–Trinajstić information content (AvgIpc) is 2.53. The van der Waals surface area contributed by atoms with Crippen molar-refractivity contribution >= 4 is 5.96 Å². The molecule has 1 aliphatic heterocycles. The Morgan fingerprint density at radius 2 is 1.96 bits per heavy atom. The fourth-order valence-electron chi connectivity index (χ4n) is 3.38. The van der Waals surface area contributed by atoms with E-state index in [9.17, 15) is 0 Å². The van der Waals surface area contributed by atoms with E-state index in [1.165, 1.54) is 19.5 Å². The van der Waals surface area contributed by atoms with Crippen LogP contribution in [0.25, 0.3) is 0 Å². The smallest absolute Gasteiger partial charge is 0.191 e. The second kappa shape index (κ2) is 9.50. The highest BCUT2D eigenvalue weighted by Gasteiger charge is 2.21. The molecule has 0 aromatic carbocycles. The molecule has 0 spiro atoms. The molecule has 2 heterocycles. The number of piperidine rings is 1. The number of aliphatic imine (C=N–C) groups is 1. The highest BCUT2D eigenvalue weighted by atomic mass is 15.2. The molecule has 2 N–H and O–H groups in total. The molecule has 0 bridgehead atoms. The summed E-state index contributed by atoms with van der Waals surface area (Å²) in [6.07, 6.45) is 4.10. The molecule has 0 aliphatic carbocycles. The number of guanidine groups is 1. The summed E-state index contributed by atoms with van der Waals surface area (Å²) in [6, 6.07) is 6.02. The van der Waals surface area contributed by atoms with Gasteiger partial charge in [0.1, 0.15) is 0 Å². The van der Waals surface area contributed by atoms with Gasteiger partial charge in [-0.1, -0.05) is 19.9 Å². The van der Waals surface area contributed by atoms with Gasteiger partial charge in [0.25, 0.3) is 0 Å². The van der Waals surface area contributed by atoms with Crippen molar-refractivity contribution in [2.75, 3.05) is 39.8 Å². The summed E-state index contributed by atoms with van der Waals surface area (Å²) in [5.74, 6) is 2.50. The van der Waals surface area contributed by atoms with E-state index in [2.05, 4.69) is 45.4 Å². The van der Waals surface area contributed by atoms with Gasteiger partial charge in [0.2, 0.25) is 0 Å². The van der Waals surface area contributed by atoms with Gasteiger partial charge in [0.05, 0.1) is 0 Å². The highest BCUT2D eigenvalue weighted by molar-refractivity contribution is 5.79. The largest absolute Gasteiger partial charge is 0.356 e. The topological polar surface area (TPSA) is 52.6 Å². The van der Waals surface area contributed by atoms with Gasteiger partial charge in [-0.05, 0) is 30.4 Å². The summed E-state index contributed by atoms with van der Waals surface area (Å²) in [6.45, 7) is 10.0. The first-order chi connectivity index (χ1) is 11.2. The molecule has 2 rings (SSSR count). The summed E-state index contributed by atoms with van der Waals surface area (Å²) >= 11 is 0. The predicted molar refractivity (Wildman–Crippen MR) is 96.7 cm³/mol. The van der Waals surface area contributed by atoms with Crippen molar-refractivity contribution in [1.29, 1.82) is 0 Å². The summed E-state index contributed by atoms with van der Waals surface area (Å²) in [7, 11) is 1.82. The number of hydrogen-bond acceptors (Lipinski definition) is 3. The van der Waals surface area contributed by atoms with Crippen LogP contribution in [0.1, 0.15) is 26.0 Å². The quantitative estimate of drug-likeness (QED) is 0.620. The predicted octanol–water partition coefficient (Wildman–Crippen LogP) is 1.77. The molecule has 0 amide bonds. The zero-order valence-corrected chi connectivity index (χ0v) is 14.8. The monoisotopic (exact) mass is 317 g/mol. The molecule has 5 heteroatoms. The van der Waals surface area contributed by atoms with Crippen molar-refractivity contribution in [2.24, 2.45) is 16.8 Å². The van der Waals surface area contributed by atoms with Crippen LogP contribution < -0.4 is 10.6 Å². The normalized spacial score (nSPS) is 22.8. The van der Waals surface area contributed by atoms with Gasteiger partial charge in [0.15, 0.2) is 5.96 Å². The number of nitrogens with one attached hydrogen (secondary N) is 2. The van der Waals surface area contributed by atoms with Gasteiger partial charge in [0, 0.05) is 58.1 Å². The third-order valence-electron chi connectivity index (χ3n) is 4.29. The van der Waals surface area contributed by atoms with Gasteiger partial charge in [-0.15, -0.1) is 0 Å². The molecule has 128 valence electrons. The zero-order chi connectivity index (χ0) is 16.5. The lowest BCUT2D eigenvalue weighted by molar-refractivity contribution is 0.143. The lowest BCUT2D eigenvalue weighted by atomic mass is 9.92. The Hall–Kier alpha value is -1.62. The van der Waals surface area contributed by atoms with E-state index in [0.717, 1.165) is 49.5 Å². The van der Waals surface area contributed by atoms with E-state index in [1.54, 1.807) is 0 Å². The summed E-state index contributed by atoms with van der Waals surface area (Å²) in [4.78, 5) is 11.2. The maximum absolute atomic E-state index is 4.33. The second-order valence-corrected chi connectivity index (χ2v) is 6.70. The van der Waals surface area contributed by atoms with E-state index in [4.69, 9.17) is 0 Å². The molecular weight excluding hydrogens is 286 g/mol. The van der Waals surface area contributed by atoms with Gasteiger partial charge < -0.3 is 15.5 Å². The number of rotatable bonds is 6. The molecule has 0 saturated carbocycles. The Balaban J connectivity index is 1.63. The molecular formula is C18H31N5. The number of pyridine rings is 1. The van der Waals surface area contributed by atoms with Gasteiger partial charge in [-0.25, -0.2) is 0 Å². The Morgan fingerprint density at radius 1 is 1.22 bits per heavy atom. The maximum atomic E-state index is 4.33. The summed E-state index contributed by atoms with van der Waals surface area (Å²) in [5, 5.41) is 6.76. The first kappa shape index (κ1) is 17.7. The van der Waals surface area contributed by atoms with Crippen molar-refractivity contribution in [3.8, 4) is 0 Å². The molecule has 1 aromatic rings. The van der Waals surface area contributed by atoms with Crippen LogP contribution in [0.3, 0.4) is 0 Å². The Labute approximate surface area is 140 Å². The lowest BCUT2D eigenvalue weighted by Crippen LogP contribution is -2.45. The molecule has 5 nitrogen and oxygen atoms in total. The number of hydrogen-bond donors (Lipinski definition) is 2. The third kappa shape index (κ3) is 6.57. The van der Waals surface area contributed by atoms with Crippen molar-refractivity contribution in [3.63, 3.8) is 0 Å². The van der Waals surface area contributed by atoms with Gasteiger partial charge >= 0.3 is 0 Å². The molecule has 1 saturated heterocycles.